The van der Waals surface area contributed by atoms with Gasteiger partial charge in [0.1, 0.15) is 5.82 Å². The summed E-state index contributed by atoms with van der Waals surface area (Å²) in [5.74, 6) is 0.637. The van der Waals surface area contributed by atoms with Crippen LogP contribution in [-0.2, 0) is 4.79 Å². The number of amides is 1. The summed E-state index contributed by atoms with van der Waals surface area (Å²) >= 11 is 0. The van der Waals surface area contributed by atoms with Crippen LogP contribution in [-0.4, -0.2) is 37.1 Å². The van der Waals surface area contributed by atoms with Crippen LogP contribution in [0, 0.1) is 5.41 Å². The Morgan fingerprint density at radius 1 is 1.40 bits per heavy atom. The number of anilines is 2. The number of rotatable bonds is 4. The zero-order valence-corrected chi connectivity index (χ0v) is 12.6. The van der Waals surface area contributed by atoms with Crippen molar-refractivity contribution in [2.75, 3.05) is 36.4 Å². The fourth-order valence-electron chi connectivity index (χ4n) is 2.02. The van der Waals surface area contributed by atoms with E-state index in [9.17, 15) is 4.79 Å². The fourth-order valence-corrected chi connectivity index (χ4v) is 2.02. The van der Waals surface area contributed by atoms with Crippen molar-refractivity contribution in [2.45, 2.75) is 27.2 Å². The molecule has 0 bridgehead atoms. The van der Waals surface area contributed by atoms with Gasteiger partial charge in [0.2, 0.25) is 5.91 Å². The minimum absolute atomic E-state index is 0.0161. The number of piperazine rings is 1. The number of hydrogen-bond donors (Lipinski definition) is 2. The smallest absolute Gasteiger partial charge is 0.231 e. The summed E-state index contributed by atoms with van der Waals surface area (Å²) < 4.78 is 0. The molecule has 1 aromatic rings. The van der Waals surface area contributed by atoms with Crippen LogP contribution in [0.25, 0.3) is 0 Å². The highest BCUT2D eigenvalue weighted by molar-refractivity contribution is 5.94. The lowest BCUT2D eigenvalue weighted by Gasteiger charge is -2.29. The molecule has 5 heteroatoms. The second kappa shape index (κ2) is 6.22. The van der Waals surface area contributed by atoms with Crippen LogP contribution >= 0.6 is 0 Å². The van der Waals surface area contributed by atoms with Crippen molar-refractivity contribution >= 4 is 17.4 Å². The molecule has 20 heavy (non-hydrogen) atoms. The monoisotopic (exact) mass is 276 g/mol. The Hall–Kier alpha value is -1.62. The molecule has 0 saturated carbocycles. The first kappa shape index (κ1) is 14.8. The topological polar surface area (TPSA) is 57.3 Å². The molecule has 1 fully saturated rings. The van der Waals surface area contributed by atoms with Gasteiger partial charge in [0.15, 0.2) is 0 Å². The Kier molecular flexibility index (Phi) is 4.60. The highest BCUT2D eigenvalue weighted by Gasteiger charge is 2.25. The molecule has 1 saturated heterocycles. The number of pyridine rings is 1. The Morgan fingerprint density at radius 2 is 2.10 bits per heavy atom. The van der Waals surface area contributed by atoms with E-state index in [1.807, 2.05) is 39.1 Å². The molecule has 2 N–H and O–H groups in total. The predicted molar refractivity (Wildman–Crippen MR) is 82.0 cm³/mol. The minimum atomic E-state index is -0.362. The summed E-state index contributed by atoms with van der Waals surface area (Å²) in [7, 11) is 0. The van der Waals surface area contributed by atoms with E-state index in [-0.39, 0.29) is 11.3 Å². The lowest BCUT2D eigenvalue weighted by Crippen LogP contribution is -2.43. The highest BCUT2D eigenvalue weighted by atomic mass is 16.2. The van der Waals surface area contributed by atoms with Crippen molar-refractivity contribution in [1.29, 1.82) is 0 Å². The van der Waals surface area contributed by atoms with Crippen molar-refractivity contribution in [3.05, 3.63) is 18.3 Å². The van der Waals surface area contributed by atoms with Gasteiger partial charge in [-0.2, -0.15) is 0 Å². The average molecular weight is 276 g/mol. The Balaban J connectivity index is 1.99. The number of nitrogens with zero attached hydrogens (tertiary/aromatic N) is 2. The van der Waals surface area contributed by atoms with E-state index >= 15 is 0 Å². The lowest BCUT2D eigenvalue weighted by molar-refractivity contribution is -0.124. The van der Waals surface area contributed by atoms with Crippen molar-refractivity contribution in [1.82, 2.24) is 10.3 Å². The predicted octanol–water partition coefficient (Wildman–Crippen LogP) is 1.87. The molecule has 0 radical (unpaired) electrons. The van der Waals surface area contributed by atoms with Crippen molar-refractivity contribution < 1.29 is 4.79 Å². The zero-order chi connectivity index (χ0) is 14.6. The molecule has 1 aliphatic heterocycles. The Morgan fingerprint density at radius 3 is 2.65 bits per heavy atom. The molecule has 5 nitrogen and oxygen atoms in total. The van der Waals surface area contributed by atoms with Gasteiger partial charge in [-0.05, 0) is 18.6 Å². The standard InChI is InChI=1S/C15H24N4O/c1-4-15(2,3)14(20)18-13-6-5-12(11-17-13)19-9-7-16-8-10-19/h5-6,11,16H,4,7-10H2,1-3H3,(H,17,18,20). The van der Waals surface area contributed by atoms with Crippen LogP contribution in [0.2, 0.25) is 0 Å². The maximum absolute atomic E-state index is 12.1. The molecule has 1 aromatic heterocycles. The van der Waals surface area contributed by atoms with Crippen LogP contribution in [0.3, 0.4) is 0 Å². The molecular weight excluding hydrogens is 252 g/mol. The molecule has 0 aromatic carbocycles. The van der Waals surface area contributed by atoms with Gasteiger partial charge < -0.3 is 15.5 Å². The highest BCUT2D eigenvalue weighted by Crippen LogP contribution is 2.22. The zero-order valence-electron chi connectivity index (χ0n) is 12.6. The molecule has 0 atom stereocenters. The number of carbonyl (C=O) groups is 1. The molecule has 0 unspecified atom stereocenters. The number of aromatic nitrogens is 1. The van der Waals surface area contributed by atoms with E-state index in [1.54, 1.807) is 0 Å². The Labute approximate surface area is 120 Å². The summed E-state index contributed by atoms with van der Waals surface area (Å²) in [4.78, 5) is 18.7. The summed E-state index contributed by atoms with van der Waals surface area (Å²) in [6.45, 7) is 9.90. The number of carbonyl (C=O) groups excluding carboxylic acids is 1. The van der Waals surface area contributed by atoms with Gasteiger partial charge in [0, 0.05) is 31.6 Å². The third-order valence-electron chi connectivity index (χ3n) is 3.97. The van der Waals surface area contributed by atoms with Crippen molar-refractivity contribution in [3.8, 4) is 0 Å². The molecular formula is C15H24N4O. The van der Waals surface area contributed by atoms with Crippen molar-refractivity contribution in [2.24, 2.45) is 5.41 Å². The number of hydrogen-bond acceptors (Lipinski definition) is 4. The molecule has 2 rings (SSSR count). The van der Waals surface area contributed by atoms with Gasteiger partial charge in [-0.3, -0.25) is 4.79 Å². The molecule has 1 aliphatic rings. The second-order valence-corrected chi connectivity index (χ2v) is 5.83. The maximum Gasteiger partial charge on any atom is 0.231 e. The first-order chi connectivity index (χ1) is 9.53. The lowest BCUT2D eigenvalue weighted by atomic mass is 9.89. The van der Waals surface area contributed by atoms with Gasteiger partial charge in [0.05, 0.1) is 11.9 Å². The van der Waals surface area contributed by atoms with Crippen LogP contribution in [0.15, 0.2) is 18.3 Å². The van der Waals surface area contributed by atoms with Crippen molar-refractivity contribution in [3.63, 3.8) is 0 Å². The van der Waals surface area contributed by atoms with Crippen LogP contribution in [0.1, 0.15) is 27.2 Å². The van der Waals surface area contributed by atoms with Crippen LogP contribution < -0.4 is 15.5 Å². The SMILES string of the molecule is CCC(C)(C)C(=O)Nc1ccc(N2CCNCC2)cn1. The second-order valence-electron chi connectivity index (χ2n) is 5.83. The van der Waals surface area contributed by atoms with E-state index in [4.69, 9.17) is 0 Å². The first-order valence-electron chi connectivity index (χ1n) is 7.26. The summed E-state index contributed by atoms with van der Waals surface area (Å²) in [5.41, 5.74) is 0.748. The third-order valence-corrected chi connectivity index (χ3v) is 3.97. The quantitative estimate of drug-likeness (QED) is 0.881. The summed E-state index contributed by atoms with van der Waals surface area (Å²) in [6.07, 6.45) is 2.64. The molecule has 110 valence electrons. The average Bonchev–Trinajstić information content (AvgIpc) is 2.49. The molecule has 0 spiro atoms. The molecule has 2 heterocycles. The van der Waals surface area contributed by atoms with Crippen LogP contribution in [0.4, 0.5) is 11.5 Å². The third kappa shape index (κ3) is 3.48. The van der Waals surface area contributed by atoms with Crippen LogP contribution in [0.5, 0.6) is 0 Å². The van der Waals surface area contributed by atoms with Gasteiger partial charge in [-0.25, -0.2) is 4.98 Å². The van der Waals surface area contributed by atoms with E-state index in [0.717, 1.165) is 38.3 Å². The van der Waals surface area contributed by atoms with Gasteiger partial charge in [0.25, 0.3) is 0 Å². The maximum atomic E-state index is 12.1. The van der Waals surface area contributed by atoms with E-state index < -0.39 is 0 Å². The fraction of sp³-hybridized carbons (Fsp3) is 0.600. The largest absolute Gasteiger partial charge is 0.368 e. The summed E-state index contributed by atoms with van der Waals surface area (Å²) in [5, 5.41) is 6.21. The van der Waals surface area contributed by atoms with E-state index in [0.29, 0.717) is 5.82 Å². The first-order valence-corrected chi connectivity index (χ1v) is 7.26. The Bertz CT molecular complexity index is 449. The van der Waals surface area contributed by atoms with E-state index in [1.165, 1.54) is 0 Å². The minimum Gasteiger partial charge on any atom is -0.368 e. The van der Waals surface area contributed by atoms with E-state index in [2.05, 4.69) is 20.5 Å². The molecule has 0 aliphatic carbocycles. The van der Waals surface area contributed by atoms with Gasteiger partial charge >= 0.3 is 0 Å². The number of nitrogens with one attached hydrogen (secondary N) is 2. The molecule has 1 amide bonds. The summed E-state index contributed by atoms with van der Waals surface area (Å²) in [6, 6.07) is 3.90. The normalized spacial score (nSPS) is 16.1. The van der Waals surface area contributed by atoms with Gasteiger partial charge in [-0.1, -0.05) is 20.8 Å². The van der Waals surface area contributed by atoms with Gasteiger partial charge in [-0.15, -0.1) is 0 Å².